The highest BCUT2D eigenvalue weighted by molar-refractivity contribution is 6.02. The molecule has 0 fully saturated rings. The van der Waals surface area contributed by atoms with Gasteiger partial charge >= 0.3 is 0 Å². The number of hydrogen-bond acceptors (Lipinski definition) is 3. The van der Waals surface area contributed by atoms with Crippen LogP contribution in [0.1, 0.15) is 16.8 Å². The second kappa shape index (κ2) is 7.87. The lowest BCUT2D eigenvalue weighted by atomic mass is 10.1. The predicted molar refractivity (Wildman–Crippen MR) is 110 cm³/mol. The third-order valence-electron chi connectivity index (χ3n) is 4.71. The Morgan fingerprint density at radius 2 is 1.85 bits per heavy atom. The van der Waals surface area contributed by atoms with Gasteiger partial charge in [0.1, 0.15) is 0 Å². The number of para-hydroxylation sites is 2. The Kier molecular flexibility index (Phi) is 4.97. The Hall–Kier alpha value is -3.40. The number of anilines is 2. The minimum atomic E-state index is -0.157. The molecule has 0 atom stereocenters. The van der Waals surface area contributed by atoms with Gasteiger partial charge in [-0.2, -0.15) is 0 Å². The molecule has 1 aromatic heterocycles. The number of carbonyl (C=O) groups excluding carboxylic acids is 1. The number of pyridine rings is 1. The minimum absolute atomic E-state index is 0.157. The molecule has 2 aromatic carbocycles. The first-order valence-electron chi connectivity index (χ1n) is 9.10. The largest absolute Gasteiger partial charge is 0.367 e. The number of amides is 1. The summed E-state index contributed by atoms with van der Waals surface area (Å²) in [5, 5.41) is 3.00. The quantitative estimate of drug-likeness (QED) is 0.694. The molecule has 1 aliphatic rings. The fourth-order valence-corrected chi connectivity index (χ4v) is 3.37. The number of hydrogen-bond donors (Lipinski definition) is 1. The van der Waals surface area contributed by atoms with Gasteiger partial charge in [0.05, 0.1) is 5.69 Å². The number of benzene rings is 2. The predicted octanol–water partition coefficient (Wildman–Crippen LogP) is 4.30. The van der Waals surface area contributed by atoms with E-state index in [0.29, 0.717) is 0 Å². The van der Waals surface area contributed by atoms with Crippen LogP contribution in [0.5, 0.6) is 0 Å². The molecule has 0 saturated carbocycles. The van der Waals surface area contributed by atoms with Gasteiger partial charge in [-0.05, 0) is 47.9 Å². The number of fused-ring (bicyclic) bond motifs is 1. The fourth-order valence-electron chi connectivity index (χ4n) is 3.37. The van der Waals surface area contributed by atoms with E-state index in [0.717, 1.165) is 36.5 Å². The molecule has 4 rings (SSSR count). The molecule has 0 bridgehead atoms. The zero-order chi connectivity index (χ0) is 18.5. The van der Waals surface area contributed by atoms with Crippen molar-refractivity contribution in [2.45, 2.75) is 13.0 Å². The van der Waals surface area contributed by atoms with Crippen molar-refractivity contribution in [2.24, 2.45) is 0 Å². The first kappa shape index (κ1) is 17.0. The van der Waals surface area contributed by atoms with Gasteiger partial charge in [0.15, 0.2) is 0 Å². The fraction of sp³-hybridized carbons (Fsp3) is 0.130. The van der Waals surface area contributed by atoms with E-state index in [-0.39, 0.29) is 5.91 Å². The van der Waals surface area contributed by atoms with E-state index in [1.165, 1.54) is 17.3 Å². The van der Waals surface area contributed by atoms with Crippen molar-refractivity contribution in [3.05, 3.63) is 95.8 Å². The van der Waals surface area contributed by atoms with E-state index in [9.17, 15) is 4.79 Å². The third-order valence-corrected chi connectivity index (χ3v) is 4.71. The van der Waals surface area contributed by atoms with Gasteiger partial charge in [0.25, 0.3) is 0 Å². The summed E-state index contributed by atoms with van der Waals surface area (Å²) in [5.74, 6) is -0.157. The van der Waals surface area contributed by atoms with Crippen LogP contribution < -0.4 is 10.2 Å². The molecule has 2 heterocycles. The zero-order valence-electron chi connectivity index (χ0n) is 15.0. The van der Waals surface area contributed by atoms with E-state index in [2.05, 4.69) is 45.5 Å². The Labute approximate surface area is 159 Å². The molecule has 0 unspecified atom stereocenters. The van der Waals surface area contributed by atoms with E-state index in [4.69, 9.17) is 0 Å². The van der Waals surface area contributed by atoms with Crippen LogP contribution in [0.25, 0.3) is 6.08 Å². The maximum atomic E-state index is 12.3. The highest BCUT2D eigenvalue weighted by Gasteiger charge is 2.19. The van der Waals surface area contributed by atoms with Crippen molar-refractivity contribution < 1.29 is 4.79 Å². The van der Waals surface area contributed by atoms with Crippen LogP contribution in [-0.4, -0.2) is 17.4 Å². The van der Waals surface area contributed by atoms with E-state index in [1.54, 1.807) is 12.3 Å². The lowest BCUT2D eigenvalue weighted by molar-refractivity contribution is -0.111. The van der Waals surface area contributed by atoms with Gasteiger partial charge < -0.3 is 10.2 Å². The number of carbonyl (C=O) groups is 1. The number of nitrogens with one attached hydrogen (secondary N) is 1. The minimum Gasteiger partial charge on any atom is -0.367 e. The van der Waals surface area contributed by atoms with Crippen LogP contribution in [0.4, 0.5) is 11.4 Å². The molecule has 134 valence electrons. The standard InChI is InChI=1S/C23H21N3O/c27-23(13-12-20-9-5-6-15-24-20)25-21-10-3-1-8-19(21)17-26-16-14-18-7-2-4-11-22(18)26/h1-13,15H,14,16-17H2,(H,25,27)/b13-12+. The summed E-state index contributed by atoms with van der Waals surface area (Å²) in [6, 6.07) is 22.1. The SMILES string of the molecule is O=C(/C=C/c1ccccn1)Nc1ccccc1CN1CCc2ccccc21. The van der Waals surface area contributed by atoms with Crippen LogP contribution in [0.3, 0.4) is 0 Å². The monoisotopic (exact) mass is 355 g/mol. The van der Waals surface area contributed by atoms with Crippen LogP contribution >= 0.6 is 0 Å². The normalized spacial score (nSPS) is 13.0. The van der Waals surface area contributed by atoms with Gasteiger partial charge in [0, 0.05) is 36.7 Å². The van der Waals surface area contributed by atoms with Crippen LogP contribution in [0, 0.1) is 0 Å². The Morgan fingerprint density at radius 3 is 2.74 bits per heavy atom. The maximum absolute atomic E-state index is 12.3. The molecule has 3 aromatic rings. The van der Waals surface area contributed by atoms with Crippen LogP contribution in [-0.2, 0) is 17.8 Å². The molecule has 0 aliphatic carbocycles. The molecule has 1 aliphatic heterocycles. The molecular weight excluding hydrogens is 334 g/mol. The molecule has 0 radical (unpaired) electrons. The summed E-state index contributed by atoms with van der Waals surface area (Å²) in [4.78, 5) is 18.9. The van der Waals surface area contributed by atoms with E-state index >= 15 is 0 Å². The van der Waals surface area contributed by atoms with Gasteiger partial charge in [-0.3, -0.25) is 9.78 Å². The smallest absolute Gasteiger partial charge is 0.248 e. The molecular formula is C23H21N3O. The van der Waals surface area contributed by atoms with Gasteiger partial charge in [-0.1, -0.05) is 42.5 Å². The molecule has 4 nitrogen and oxygen atoms in total. The molecule has 1 amide bonds. The third kappa shape index (κ3) is 4.06. The Balaban J connectivity index is 1.47. The molecule has 0 saturated heterocycles. The number of rotatable bonds is 5. The van der Waals surface area contributed by atoms with E-state index in [1.807, 2.05) is 36.4 Å². The summed E-state index contributed by atoms with van der Waals surface area (Å²) in [6.07, 6.45) is 6.01. The van der Waals surface area contributed by atoms with Crippen molar-refractivity contribution >= 4 is 23.4 Å². The highest BCUT2D eigenvalue weighted by Crippen LogP contribution is 2.30. The van der Waals surface area contributed by atoms with Crippen molar-refractivity contribution in [3.63, 3.8) is 0 Å². The van der Waals surface area contributed by atoms with Gasteiger partial charge in [0.2, 0.25) is 5.91 Å². The van der Waals surface area contributed by atoms with Gasteiger partial charge in [-0.15, -0.1) is 0 Å². The number of aromatic nitrogens is 1. The zero-order valence-corrected chi connectivity index (χ0v) is 15.0. The molecule has 27 heavy (non-hydrogen) atoms. The summed E-state index contributed by atoms with van der Waals surface area (Å²) in [6.45, 7) is 1.78. The highest BCUT2D eigenvalue weighted by atomic mass is 16.1. The lowest BCUT2D eigenvalue weighted by Gasteiger charge is -2.21. The van der Waals surface area contributed by atoms with Gasteiger partial charge in [-0.25, -0.2) is 0 Å². The summed E-state index contributed by atoms with van der Waals surface area (Å²) < 4.78 is 0. The Morgan fingerprint density at radius 1 is 1.04 bits per heavy atom. The first-order chi connectivity index (χ1) is 13.3. The van der Waals surface area contributed by atoms with Crippen molar-refractivity contribution in [1.29, 1.82) is 0 Å². The second-order valence-corrected chi connectivity index (χ2v) is 6.53. The topological polar surface area (TPSA) is 45.2 Å². The van der Waals surface area contributed by atoms with Crippen LogP contribution in [0.2, 0.25) is 0 Å². The van der Waals surface area contributed by atoms with Crippen molar-refractivity contribution in [3.8, 4) is 0 Å². The number of nitrogens with zero attached hydrogens (tertiary/aromatic N) is 2. The summed E-state index contributed by atoms with van der Waals surface area (Å²) in [7, 11) is 0. The average Bonchev–Trinajstić information content (AvgIpc) is 3.12. The van der Waals surface area contributed by atoms with Crippen LogP contribution in [0.15, 0.2) is 79.0 Å². The maximum Gasteiger partial charge on any atom is 0.248 e. The average molecular weight is 355 g/mol. The summed E-state index contributed by atoms with van der Waals surface area (Å²) in [5.41, 5.74) is 5.38. The second-order valence-electron chi connectivity index (χ2n) is 6.53. The van der Waals surface area contributed by atoms with Crippen molar-refractivity contribution in [1.82, 2.24) is 4.98 Å². The molecule has 4 heteroatoms. The first-order valence-corrected chi connectivity index (χ1v) is 9.10. The summed E-state index contributed by atoms with van der Waals surface area (Å²) >= 11 is 0. The Bertz CT molecular complexity index is 966. The lowest BCUT2D eigenvalue weighted by Crippen LogP contribution is -2.21. The molecule has 1 N–H and O–H groups in total. The van der Waals surface area contributed by atoms with Crippen molar-refractivity contribution in [2.75, 3.05) is 16.8 Å². The van der Waals surface area contributed by atoms with E-state index < -0.39 is 0 Å². The molecule has 0 spiro atoms.